The average Bonchev–Trinajstić information content (AvgIpc) is 2.71. The molecule has 0 fully saturated rings. The molecule has 0 aliphatic heterocycles. The molecule has 2 rings (SSSR count). The molecule has 2 atom stereocenters. The van der Waals surface area contributed by atoms with Crippen LogP contribution in [0.1, 0.15) is 25.0 Å². The first-order valence-electron chi connectivity index (χ1n) is 9.35. The van der Waals surface area contributed by atoms with Gasteiger partial charge >= 0.3 is 5.97 Å². The van der Waals surface area contributed by atoms with Gasteiger partial charge in [-0.2, -0.15) is 11.8 Å². The molecule has 6 heteroatoms. The van der Waals surface area contributed by atoms with E-state index in [0.717, 1.165) is 11.3 Å². The standard InChI is InChI=1S/C22H28N2O3S/c1-16(2)20(22(26)27-13-17-9-5-3-6-10-17)24-21(25)19(23)15-28-14-18-11-7-4-8-12-18/h3-12,16,19-20H,13-15,23H2,1-2H3,(H,24,25)/t19?,20-/m0/s1. The van der Waals surface area contributed by atoms with Crippen LogP contribution in [-0.2, 0) is 26.7 Å². The van der Waals surface area contributed by atoms with Gasteiger partial charge in [0.25, 0.3) is 0 Å². The number of benzene rings is 2. The summed E-state index contributed by atoms with van der Waals surface area (Å²) < 4.78 is 5.37. The minimum atomic E-state index is -0.721. The number of ether oxygens (including phenoxy) is 1. The van der Waals surface area contributed by atoms with Crippen molar-refractivity contribution in [2.24, 2.45) is 11.7 Å². The highest BCUT2D eigenvalue weighted by molar-refractivity contribution is 7.98. The van der Waals surface area contributed by atoms with Crippen LogP contribution in [0.4, 0.5) is 0 Å². The number of hydrogen-bond acceptors (Lipinski definition) is 5. The van der Waals surface area contributed by atoms with Crippen molar-refractivity contribution >= 4 is 23.6 Å². The van der Waals surface area contributed by atoms with Gasteiger partial charge in [0, 0.05) is 11.5 Å². The fourth-order valence-electron chi connectivity index (χ4n) is 2.53. The van der Waals surface area contributed by atoms with Gasteiger partial charge in [0.05, 0.1) is 6.04 Å². The summed E-state index contributed by atoms with van der Waals surface area (Å²) in [6.07, 6.45) is 0. The van der Waals surface area contributed by atoms with Crippen molar-refractivity contribution in [2.75, 3.05) is 5.75 Å². The maximum atomic E-state index is 12.4. The van der Waals surface area contributed by atoms with Crippen LogP contribution in [-0.4, -0.2) is 29.7 Å². The zero-order chi connectivity index (χ0) is 20.4. The number of nitrogens with two attached hydrogens (primary N) is 1. The first kappa shape index (κ1) is 22.0. The minimum absolute atomic E-state index is 0.101. The lowest BCUT2D eigenvalue weighted by molar-refractivity contribution is -0.150. The molecule has 3 N–H and O–H groups in total. The Labute approximate surface area is 171 Å². The van der Waals surface area contributed by atoms with E-state index in [0.29, 0.717) is 5.75 Å². The third kappa shape index (κ3) is 7.37. The number of carbonyl (C=O) groups is 2. The summed E-state index contributed by atoms with van der Waals surface area (Å²) in [5.74, 6) is 0.378. The third-order valence-corrected chi connectivity index (χ3v) is 5.32. The summed E-state index contributed by atoms with van der Waals surface area (Å²) in [4.78, 5) is 24.9. The zero-order valence-electron chi connectivity index (χ0n) is 16.3. The predicted molar refractivity (Wildman–Crippen MR) is 114 cm³/mol. The molecule has 2 aromatic rings. The summed E-state index contributed by atoms with van der Waals surface area (Å²) in [5.41, 5.74) is 8.10. The molecular weight excluding hydrogens is 372 g/mol. The molecule has 28 heavy (non-hydrogen) atoms. The Balaban J connectivity index is 1.80. The van der Waals surface area contributed by atoms with Gasteiger partial charge in [-0.1, -0.05) is 74.5 Å². The lowest BCUT2D eigenvalue weighted by Gasteiger charge is -2.22. The molecule has 0 bridgehead atoms. The molecule has 5 nitrogen and oxygen atoms in total. The minimum Gasteiger partial charge on any atom is -0.459 e. The molecule has 0 saturated carbocycles. The Bertz CT molecular complexity index is 738. The van der Waals surface area contributed by atoms with E-state index in [2.05, 4.69) is 5.32 Å². The van der Waals surface area contributed by atoms with Crippen LogP contribution in [0.25, 0.3) is 0 Å². The second kappa shape index (κ2) is 11.5. The number of esters is 1. The molecule has 1 unspecified atom stereocenters. The van der Waals surface area contributed by atoms with Crippen LogP contribution in [0, 0.1) is 5.92 Å². The number of carbonyl (C=O) groups excluding carboxylic acids is 2. The van der Waals surface area contributed by atoms with E-state index in [9.17, 15) is 9.59 Å². The molecule has 0 spiro atoms. The molecule has 0 aliphatic carbocycles. The van der Waals surface area contributed by atoms with Gasteiger partial charge in [0.1, 0.15) is 12.6 Å². The molecule has 0 aromatic heterocycles. The van der Waals surface area contributed by atoms with Gasteiger partial charge in [-0.3, -0.25) is 4.79 Å². The van der Waals surface area contributed by atoms with Crippen LogP contribution in [0.2, 0.25) is 0 Å². The van der Waals surface area contributed by atoms with Crippen molar-refractivity contribution in [3.8, 4) is 0 Å². The summed E-state index contributed by atoms with van der Waals surface area (Å²) in [5, 5.41) is 2.75. The first-order valence-corrected chi connectivity index (χ1v) is 10.5. The van der Waals surface area contributed by atoms with E-state index in [-0.39, 0.29) is 18.4 Å². The van der Waals surface area contributed by atoms with Crippen molar-refractivity contribution in [1.29, 1.82) is 0 Å². The van der Waals surface area contributed by atoms with Gasteiger partial charge in [-0.25, -0.2) is 4.79 Å². The van der Waals surface area contributed by atoms with Gasteiger partial charge < -0.3 is 15.8 Å². The number of rotatable bonds is 10. The Hall–Kier alpha value is -2.31. The normalized spacial score (nSPS) is 13.0. The van der Waals surface area contributed by atoms with E-state index < -0.39 is 18.1 Å². The topological polar surface area (TPSA) is 81.4 Å². The van der Waals surface area contributed by atoms with E-state index >= 15 is 0 Å². The maximum absolute atomic E-state index is 12.4. The Morgan fingerprint density at radius 2 is 1.57 bits per heavy atom. The summed E-state index contributed by atoms with van der Waals surface area (Å²) in [6.45, 7) is 3.91. The van der Waals surface area contributed by atoms with E-state index in [1.54, 1.807) is 11.8 Å². The lowest BCUT2D eigenvalue weighted by atomic mass is 10.0. The second-order valence-electron chi connectivity index (χ2n) is 6.93. The fraction of sp³-hybridized carbons (Fsp3) is 0.364. The highest BCUT2D eigenvalue weighted by Gasteiger charge is 2.27. The smallest absolute Gasteiger partial charge is 0.329 e. The zero-order valence-corrected chi connectivity index (χ0v) is 17.2. The summed E-state index contributed by atoms with van der Waals surface area (Å²) >= 11 is 1.59. The SMILES string of the molecule is CC(C)[C@H](NC(=O)C(N)CSCc1ccccc1)C(=O)OCc1ccccc1. The van der Waals surface area contributed by atoms with Crippen molar-refractivity contribution in [1.82, 2.24) is 5.32 Å². The second-order valence-corrected chi connectivity index (χ2v) is 7.96. The Kier molecular flexibility index (Phi) is 9.04. The third-order valence-electron chi connectivity index (χ3n) is 4.19. The van der Waals surface area contributed by atoms with Crippen LogP contribution < -0.4 is 11.1 Å². The molecule has 0 heterocycles. The van der Waals surface area contributed by atoms with Gasteiger partial charge in [0.2, 0.25) is 5.91 Å². The van der Waals surface area contributed by atoms with Crippen molar-refractivity contribution < 1.29 is 14.3 Å². The Morgan fingerprint density at radius 1 is 1.00 bits per heavy atom. The summed E-state index contributed by atoms with van der Waals surface area (Å²) in [6, 6.07) is 18.1. The number of nitrogens with one attached hydrogen (secondary N) is 1. The van der Waals surface area contributed by atoms with Crippen LogP contribution in [0.15, 0.2) is 60.7 Å². The largest absolute Gasteiger partial charge is 0.459 e. The Morgan fingerprint density at radius 3 is 2.14 bits per heavy atom. The van der Waals surface area contributed by atoms with Gasteiger partial charge in [0.15, 0.2) is 0 Å². The van der Waals surface area contributed by atoms with Crippen LogP contribution in [0.5, 0.6) is 0 Å². The monoisotopic (exact) mass is 400 g/mol. The number of amides is 1. The lowest BCUT2D eigenvalue weighted by Crippen LogP contribution is -2.51. The molecule has 2 aromatic carbocycles. The molecule has 1 amide bonds. The van der Waals surface area contributed by atoms with Crippen LogP contribution in [0.3, 0.4) is 0 Å². The van der Waals surface area contributed by atoms with Crippen molar-refractivity contribution in [3.63, 3.8) is 0 Å². The molecule has 150 valence electrons. The predicted octanol–water partition coefficient (Wildman–Crippen LogP) is 3.13. The number of hydrogen-bond donors (Lipinski definition) is 2. The maximum Gasteiger partial charge on any atom is 0.329 e. The van der Waals surface area contributed by atoms with Gasteiger partial charge in [-0.15, -0.1) is 0 Å². The molecule has 0 saturated heterocycles. The van der Waals surface area contributed by atoms with E-state index in [1.165, 1.54) is 5.56 Å². The average molecular weight is 401 g/mol. The van der Waals surface area contributed by atoms with Crippen LogP contribution >= 0.6 is 11.8 Å². The first-order chi connectivity index (χ1) is 13.5. The fourth-order valence-corrected chi connectivity index (χ4v) is 3.48. The highest BCUT2D eigenvalue weighted by Crippen LogP contribution is 2.13. The van der Waals surface area contributed by atoms with Crippen molar-refractivity contribution in [3.05, 3.63) is 71.8 Å². The van der Waals surface area contributed by atoms with Gasteiger partial charge in [-0.05, 0) is 17.0 Å². The van der Waals surface area contributed by atoms with E-state index in [4.69, 9.17) is 10.5 Å². The molecule has 0 radical (unpaired) electrons. The van der Waals surface area contributed by atoms with E-state index in [1.807, 2.05) is 74.5 Å². The number of thioether (sulfide) groups is 1. The summed E-state index contributed by atoms with van der Waals surface area (Å²) in [7, 11) is 0. The highest BCUT2D eigenvalue weighted by atomic mass is 32.2. The molecule has 0 aliphatic rings. The van der Waals surface area contributed by atoms with Crippen molar-refractivity contribution in [2.45, 2.75) is 38.3 Å². The quantitative estimate of drug-likeness (QED) is 0.599. The molecular formula is C22H28N2O3S.